The Kier molecular flexibility index (Phi) is 4.77. The standard InChI is InChI=1S/C17H15ClN4O2/c1-11-4-5-13(7-15(11)18)22-17-20-8-12(9-21-17)16(23)19-10-14-3-2-6-24-14/h2-9H,10H2,1H3,(H,19,23)(H,20,21,22). The molecule has 1 aromatic carbocycles. The van der Waals surface area contributed by atoms with Crippen LogP contribution in [0.25, 0.3) is 0 Å². The van der Waals surface area contributed by atoms with Crippen molar-refractivity contribution in [3.8, 4) is 0 Å². The predicted octanol–water partition coefficient (Wildman–Crippen LogP) is 3.71. The number of aromatic nitrogens is 2. The number of amides is 1. The SMILES string of the molecule is Cc1ccc(Nc2ncc(C(=O)NCc3ccco3)cn2)cc1Cl. The van der Waals surface area contributed by atoms with Crippen LogP contribution in [0.2, 0.25) is 5.02 Å². The average molecular weight is 343 g/mol. The second-order valence-electron chi connectivity index (χ2n) is 5.15. The summed E-state index contributed by atoms with van der Waals surface area (Å²) in [6.45, 7) is 2.24. The molecule has 122 valence electrons. The fraction of sp³-hybridized carbons (Fsp3) is 0.118. The van der Waals surface area contributed by atoms with E-state index < -0.39 is 0 Å². The summed E-state index contributed by atoms with van der Waals surface area (Å²) in [4.78, 5) is 20.3. The Morgan fingerprint density at radius 3 is 2.71 bits per heavy atom. The van der Waals surface area contributed by atoms with E-state index >= 15 is 0 Å². The summed E-state index contributed by atoms with van der Waals surface area (Å²) in [7, 11) is 0. The molecule has 0 unspecified atom stereocenters. The topological polar surface area (TPSA) is 80.0 Å². The molecule has 2 N–H and O–H groups in total. The third-order valence-electron chi connectivity index (χ3n) is 3.35. The summed E-state index contributed by atoms with van der Waals surface area (Å²) in [6, 6.07) is 9.14. The number of aryl methyl sites for hydroxylation is 1. The molecule has 0 fully saturated rings. The molecule has 3 rings (SSSR count). The highest BCUT2D eigenvalue weighted by molar-refractivity contribution is 6.31. The highest BCUT2D eigenvalue weighted by Gasteiger charge is 2.08. The Labute approximate surface area is 143 Å². The molecule has 0 bridgehead atoms. The number of halogens is 1. The van der Waals surface area contributed by atoms with Gasteiger partial charge >= 0.3 is 0 Å². The summed E-state index contributed by atoms with van der Waals surface area (Å²) in [6.07, 6.45) is 4.48. The van der Waals surface area contributed by atoms with Gasteiger partial charge in [-0.15, -0.1) is 0 Å². The van der Waals surface area contributed by atoms with Gasteiger partial charge in [0.05, 0.1) is 18.4 Å². The Morgan fingerprint density at radius 1 is 1.25 bits per heavy atom. The minimum absolute atomic E-state index is 0.267. The molecule has 0 radical (unpaired) electrons. The zero-order valence-corrected chi connectivity index (χ0v) is 13.7. The Morgan fingerprint density at radius 2 is 2.04 bits per heavy atom. The maximum absolute atomic E-state index is 12.0. The molecular weight excluding hydrogens is 328 g/mol. The van der Waals surface area contributed by atoms with Crippen LogP contribution in [0, 0.1) is 6.92 Å². The molecule has 0 spiro atoms. The molecule has 2 aromatic heterocycles. The first kappa shape index (κ1) is 16.0. The van der Waals surface area contributed by atoms with E-state index in [1.165, 1.54) is 12.4 Å². The molecule has 0 saturated carbocycles. The number of nitrogens with zero attached hydrogens (tertiary/aromatic N) is 2. The summed E-state index contributed by atoms with van der Waals surface area (Å²) in [5, 5.41) is 6.43. The second kappa shape index (κ2) is 7.14. The van der Waals surface area contributed by atoms with Crippen LogP contribution in [0.5, 0.6) is 0 Å². The van der Waals surface area contributed by atoms with Crippen molar-refractivity contribution in [2.24, 2.45) is 0 Å². The molecule has 0 saturated heterocycles. The number of anilines is 2. The van der Waals surface area contributed by atoms with Crippen molar-refractivity contribution in [2.45, 2.75) is 13.5 Å². The van der Waals surface area contributed by atoms with Gasteiger partial charge in [0, 0.05) is 23.1 Å². The van der Waals surface area contributed by atoms with Crippen molar-refractivity contribution in [3.05, 3.63) is 70.9 Å². The molecule has 0 aliphatic carbocycles. The summed E-state index contributed by atoms with van der Waals surface area (Å²) >= 11 is 6.08. The quantitative estimate of drug-likeness (QED) is 0.739. The number of furan rings is 1. The lowest BCUT2D eigenvalue weighted by Gasteiger charge is -2.07. The molecule has 2 heterocycles. The third-order valence-corrected chi connectivity index (χ3v) is 3.75. The number of hydrogen-bond acceptors (Lipinski definition) is 5. The zero-order valence-electron chi connectivity index (χ0n) is 12.9. The minimum atomic E-state index is -0.267. The number of carbonyl (C=O) groups excluding carboxylic acids is 1. The van der Waals surface area contributed by atoms with Crippen LogP contribution in [0.4, 0.5) is 11.6 Å². The van der Waals surface area contributed by atoms with Crippen molar-refractivity contribution in [1.82, 2.24) is 15.3 Å². The van der Waals surface area contributed by atoms with E-state index in [0.717, 1.165) is 11.3 Å². The normalized spacial score (nSPS) is 10.4. The highest BCUT2D eigenvalue weighted by atomic mass is 35.5. The van der Waals surface area contributed by atoms with E-state index in [2.05, 4.69) is 20.6 Å². The predicted molar refractivity (Wildman–Crippen MR) is 91.4 cm³/mol. The van der Waals surface area contributed by atoms with Crippen molar-refractivity contribution >= 4 is 29.1 Å². The van der Waals surface area contributed by atoms with E-state index in [-0.39, 0.29) is 5.91 Å². The summed E-state index contributed by atoms with van der Waals surface area (Å²) in [5.41, 5.74) is 2.14. The molecule has 3 aromatic rings. The lowest BCUT2D eigenvalue weighted by Crippen LogP contribution is -2.22. The van der Waals surface area contributed by atoms with Gasteiger partial charge in [-0.1, -0.05) is 17.7 Å². The van der Waals surface area contributed by atoms with Gasteiger partial charge in [0.25, 0.3) is 5.91 Å². The van der Waals surface area contributed by atoms with Gasteiger partial charge in [0.2, 0.25) is 5.95 Å². The van der Waals surface area contributed by atoms with Gasteiger partial charge in [-0.2, -0.15) is 0 Å². The van der Waals surface area contributed by atoms with E-state index in [9.17, 15) is 4.79 Å². The van der Waals surface area contributed by atoms with Gasteiger partial charge in [0.15, 0.2) is 0 Å². The van der Waals surface area contributed by atoms with Crippen LogP contribution in [0.1, 0.15) is 21.7 Å². The minimum Gasteiger partial charge on any atom is -0.467 e. The van der Waals surface area contributed by atoms with Gasteiger partial charge in [0.1, 0.15) is 5.76 Å². The average Bonchev–Trinajstić information content (AvgIpc) is 3.10. The van der Waals surface area contributed by atoms with Crippen molar-refractivity contribution < 1.29 is 9.21 Å². The van der Waals surface area contributed by atoms with Gasteiger partial charge < -0.3 is 15.1 Å². The fourth-order valence-electron chi connectivity index (χ4n) is 1.99. The Bertz CT molecular complexity index is 832. The van der Waals surface area contributed by atoms with Gasteiger partial charge in [-0.3, -0.25) is 4.79 Å². The number of nitrogens with one attached hydrogen (secondary N) is 2. The Balaban J connectivity index is 1.62. The van der Waals surface area contributed by atoms with Crippen molar-refractivity contribution in [3.63, 3.8) is 0 Å². The smallest absolute Gasteiger partial charge is 0.254 e. The molecule has 24 heavy (non-hydrogen) atoms. The molecule has 7 heteroatoms. The lowest BCUT2D eigenvalue weighted by atomic mass is 10.2. The first-order valence-electron chi connectivity index (χ1n) is 7.27. The molecule has 1 amide bonds. The number of rotatable bonds is 5. The first-order chi connectivity index (χ1) is 11.6. The van der Waals surface area contributed by atoms with Crippen LogP contribution in [0.3, 0.4) is 0 Å². The molecule has 6 nitrogen and oxygen atoms in total. The van der Waals surface area contributed by atoms with E-state index in [0.29, 0.717) is 28.8 Å². The second-order valence-corrected chi connectivity index (χ2v) is 5.55. The molecule has 0 aliphatic heterocycles. The van der Waals surface area contributed by atoms with E-state index in [1.807, 2.05) is 19.1 Å². The monoisotopic (exact) mass is 342 g/mol. The van der Waals surface area contributed by atoms with Crippen LogP contribution in [0.15, 0.2) is 53.4 Å². The maximum atomic E-state index is 12.0. The Hall–Kier alpha value is -2.86. The number of benzene rings is 1. The van der Waals surface area contributed by atoms with E-state index in [1.54, 1.807) is 24.5 Å². The maximum Gasteiger partial charge on any atom is 0.254 e. The molecule has 0 atom stereocenters. The first-order valence-corrected chi connectivity index (χ1v) is 7.65. The summed E-state index contributed by atoms with van der Waals surface area (Å²) in [5.74, 6) is 0.799. The molecule has 0 aliphatic rings. The third kappa shape index (κ3) is 3.91. The van der Waals surface area contributed by atoms with E-state index in [4.69, 9.17) is 16.0 Å². The van der Waals surface area contributed by atoms with Gasteiger partial charge in [-0.05, 0) is 36.8 Å². The van der Waals surface area contributed by atoms with Crippen LogP contribution < -0.4 is 10.6 Å². The summed E-state index contributed by atoms with van der Waals surface area (Å²) < 4.78 is 5.16. The fourth-order valence-corrected chi connectivity index (χ4v) is 2.17. The van der Waals surface area contributed by atoms with Crippen molar-refractivity contribution in [2.75, 3.05) is 5.32 Å². The number of carbonyl (C=O) groups is 1. The largest absolute Gasteiger partial charge is 0.467 e. The lowest BCUT2D eigenvalue weighted by molar-refractivity contribution is 0.0947. The highest BCUT2D eigenvalue weighted by Crippen LogP contribution is 2.21. The van der Waals surface area contributed by atoms with Crippen LogP contribution in [-0.4, -0.2) is 15.9 Å². The van der Waals surface area contributed by atoms with Crippen LogP contribution >= 0.6 is 11.6 Å². The number of hydrogen-bond donors (Lipinski definition) is 2. The zero-order chi connectivity index (χ0) is 16.9. The van der Waals surface area contributed by atoms with Crippen molar-refractivity contribution in [1.29, 1.82) is 0 Å². The van der Waals surface area contributed by atoms with Crippen LogP contribution in [-0.2, 0) is 6.54 Å². The molecular formula is C17H15ClN4O2. The van der Waals surface area contributed by atoms with Gasteiger partial charge in [-0.25, -0.2) is 9.97 Å².